The first-order valence-corrected chi connectivity index (χ1v) is 9.46. The summed E-state index contributed by atoms with van der Waals surface area (Å²) in [7, 11) is 0. The van der Waals surface area contributed by atoms with E-state index in [4.69, 9.17) is 4.74 Å². The number of carbonyl (C=O) groups excluding carboxylic acids is 1. The molecular formula is C23H25F3O4. The first kappa shape index (κ1) is 23.4. The standard InChI is InChI=1S/C23H25F3O4/c1-13-12-17(23(24,25)26)7-8-18(13)19(27)9-6-16-10-14(2)20(15(3)11-16)30-22(4,5)21(28)29/h7-8,10-12H,6,9H2,1-5H3,(H,28,29). The van der Waals surface area contributed by atoms with E-state index in [1.165, 1.54) is 26.8 Å². The van der Waals surface area contributed by atoms with Crippen molar-refractivity contribution in [2.75, 3.05) is 0 Å². The second-order valence-corrected chi connectivity index (χ2v) is 7.93. The topological polar surface area (TPSA) is 63.6 Å². The summed E-state index contributed by atoms with van der Waals surface area (Å²) in [5, 5.41) is 9.25. The van der Waals surface area contributed by atoms with E-state index in [1.54, 1.807) is 13.8 Å². The Morgan fingerprint density at radius 2 is 1.53 bits per heavy atom. The zero-order valence-corrected chi connectivity index (χ0v) is 17.6. The summed E-state index contributed by atoms with van der Waals surface area (Å²) in [5.41, 5.74) is 0.773. The van der Waals surface area contributed by atoms with Crippen molar-refractivity contribution >= 4 is 11.8 Å². The van der Waals surface area contributed by atoms with Crippen molar-refractivity contribution in [3.05, 3.63) is 63.7 Å². The maximum atomic E-state index is 12.8. The second kappa shape index (κ2) is 8.50. The van der Waals surface area contributed by atoms with Gasteiger partial charge in [0, 0.05) is 12.0 Å². The number of aryl methyl sites for hydroxylation is 4. The minimum Gasteiger partial charge on any atom is -0.478 e. The molecule has 7 heteroatoms. The van der Waals surface area contributed by atoms with Gasteiger partial charge in [-0.05, 0) is 75.4 Å². The lowest BCUT2D eigenvalue weighted by atomic mass is 9.96. The number of halogens is 3. The largest absolute Gasteiger partial charge is 0.478 e. The normalized spacial score (nSPS) is 12.0. The maximum Gasteiger partial charge on any atom is 0.416 e. The summed E-state index contributed by atoms with van der Waals surface area (Å²) >= 11 is 0. The summed E-state index contributed by atoms with van der Waals surface area (Å²) in [4.78, 5) is 23.8. The zero-order chi connectivity index (χ0) is 22.9. The van der Waals surface area contributed by atoms with E-state index < -0.39 is 23.3 Å². The van der Waals surface area contributed by atoms with E-state index in [1.807, 2.05) is 12.1 Å². The molecule has 2 aromatic carbocycles. The number of Topliss-reactive ketones (excluding diaryl/α,β-unsaturated/α-hetero) is 1. The molecule has 0 saturated carbocycles. The first-order chi connectivity index (χ1) is 13.7. The summed E-state index contributed by atoms with van der Waals surface area (Å²) in [6, 6.07) is 6.78. The van der Waals surface area contributed by atoms with Crippen LogP contribution in [0.1, 0.15) is 58.4 Å². The molecule has 0 amide bonds. The van der Waals surface area contributed by atoms with E-state index in [0.29, 0.717) is 17.7 Å². The molecule has 0 fully saturated rings. The number of alkyl halides is 3. The molecule has 0 heterocycles. The van der Waals surface area contributed by atoms with Crippen LogP contribution in [-0.2, 0) is 17.4 Å². The average Bonchev–Trinajstić information content (AvgIpc) is 2.61. The van der Waals surface area contributed by atoms with Crippen LogP contribution < -0.4 is 4.74 Å². The highest BCUT2D eigenvalue weighted by molar-refractivity contribution is 5.97. The third-order valence-corrected chi connectivity index (χ3v) is 4.89. The van der Waals surface area contributed by atoms with Gasteiger partial charge in [-0.15, -0.1) is 0 Å². The van der Waals surface area contributed by atoms with Gasteiger partial charge in [-0.2, -0.15) is 13.2 Å². The fraction of sp³-hybridized carbons (Fsp3) is 0.391. The molecule has 0 aliphatic rings. The molecule has 0 radical (unpaired) electrons. The van der Waals surface area contributed by atoms with Crippen molar-refractivity contribution in [2.24, 2.45) is 0 Å². The molecular weight excluding hydrogens is 397 g/mol. The fourth-order valence-electron chi connectivity index (χ4n) is 3.19. The van der Waals surface area contributed by atoms with Crippen molar-refractivity contribution in [1.82, 2.24) is 0 Å². The van der Waals surface area contributed by atoms with E-state index in [-0.39, 0.29) is 17.8 Å². The highest BCUT2D eigenvalue weighted by Gasteiger charge is 2.31. The van der Waals surface area contributed by atoms with Crippen molar-refractivity contribution < 1.29 is 32.6 Å². The summed E-state index contributed by atoms with van der Waals surface area (Å²) in [6.07, 6.45) is -3.89. The molecule has 0 saturated heterocycles. The van der Waals surface area contributed by atoms with Gasteiger partial charge in [0.2, 0.25) is 0 Å². The van der Waals surface area contributed by atoms with Gasteiger partial charge in [0.05, 0.1) is 5.56 Å². The number of carbonyl (C=O) groups is 2. The van der Waals surface area contributed by atoms with E-state index in [2.05, 4.69) is 0 Å². The van der Waals surface area contributed by atoms with Crippen LogP contribution in [0.3, 0.4) is 0 Å². The number of carboxylic acids is 1. The number of ether oxygens (including phenoxy) is 1. The van der Waals surface area contributed by atoms with Gasteiger partial charge < -0.3 is 9.84 Å². The van der Waals surface area contributed by atoms with Crippen molar-refractivity contribution in [1.29, 1.82) is 0 Å². The van der Waals surface area contributed by atoms with Gasteiger partial charge >= 0.3 is 12.1 Å². The number of rotatable bonds is 7. The molecule has 0 aromatic heterocycles. The summed E-state index contributed by atoms with van der Waals surface area (Å²) < 4.78 is 44.1. The van der Waals surface area contributed by atoms with Crippen molar-refractivity contribution in [2.45, 2.75) is 59.2 Å². The fourth-order valence-corrected chi connectivity index (χ4v) is 3.19. The Hall–Kier alpha value is -2.83. The van der Waals surface area contributed by atoms with Crippen LogP contribution in [0.4, 0.5) is 13.2 Å². The van der Waals surface area contributed by atoms with Gasteiger partial charge in [-0.3, -0.25) is 4.79 Å². The lowest BCUT2D eigenvalue weighted by Gasteiger charge is -2.24. The second-order valence-electron chi connectivity index (χ2n) is 7.93. The van der Waals surface area contributed by atoms with Crippen LogP contribution >= 0.6 is 0 Å². The summed E-state index contributed by atoms with van der Waals surface area (Å²) in [5.74, 6) is -0.831. The van der Waals surface area contributed by atoms with Gasteiger partial charge in [-0.25, -0.2) is 4.79 Å². The van der Waals surface area contributed by atoms with Crippen LogP contribution in [-0.4, -0.2) is 22.5 Å². The van der Waals surface area contributed by atoms with E-state index >= 15 is 0 Å². The number of ketones is 1. The number of benzene rings is 2. The molecule has 4 nitrogen and oxygen atoms in total. The summed E-state index contributed by atoms with van der Waals surface area (Å²) in [6.45, 7) is 8.02. The Morgan fingerprint density at radius 1 is 0.967 bits per heavy atom. The lowest BCUT2D eigenvalue weighted by Crippen LogP contribution is -2.38. The number of carboxylic acid groups (broad SMARTS) is 1. The minimum atomic E-state index is -4.44. The third kappa shape index (κ3) is 5.40. The quantitative estimate of drug-likeness (QED) is 0.583. The number of hydrogen-bond donors (Lipinski definition) is 1. The molecule has 2 aromatic rings. The average molecular weight is 422 g/mol. The molecule has 0 aliphatic heterocycles. The Kier molecular flexibility index (Phi) is 6.64. The molecule has 0 aliphatic carbocycles. The Balaban J connectivity index is 2.15. The molecule has 30 heavy (non-hydrogen) atoms. The monoisotopic (exact) mass is 422 g/mol. The zero-order valence-electron chi connectivity index (χ0n) is 17.6. The Bertz CT molecular complexity index is 952. The predicted molar refractivity (Wildman–Crippen MR) is 107 cm³/mol. The van der Waals surface area contributed by atoms with Crippen LogP contribution in [0.25, 0.3) is 0 Å². The molecule has 0 atom stereocenters. The van der Waals surface area contributed by atoms with Crippen molar-refractivity contribution in [3.63, 3.8) is 0 Å². The highest BCUT2D eigenvalue weighted by Crippen LogP contribution is 2.31. The smallest absolute Gasteiger partial charge is 0.416 e. The Morgan fingerprint density at radius 3 is 2.00 bits per heavy atom. The molecule has 2 rings (SSSR count). The van der Waals surface area contributed by atoms with Crippen LogP contribution in [0, 0.1) is 20.8 Å². The maximum absolute atomic E-state index is 12.8. The molecule has 0 spiro atoms. The predicted octanol–water partition coefficient (Wildman–Crippen LogP) is 5.69. The van der Waals surface area contributed by atoms with Gasteiger partial charge in [0.25, 0.3) is 0 Å². The van der Waals surface area contributed by atoms with Crippen LogP contribution in [0.15, 0.2) is 30.3 Å². The van der Waals surface area contributed by atoms with E-state index in [0.717, 1.165) is 28.8 Å². The van der Waals surface area contributed by atoms with E-state index in [9.17, 15) is 27.9 Å². The minimum absolute atomic E-state index is 0.145. The van der Waals surface area contributed by atoms with Crippen molar-refractivity contribution in [3.8, 4) is 5.75 Å². The van der Waals surface area contributed by atoms with Gasteiger partial charge in [-0.1, -0.05) is 18.2 Å². The highest BCUT2D eigenvalue weighted by atomic mass is 19.4. The van der Waals surface area contributed by atoms with Gasteiger partial charge in [0.1, 0.15) is 5.75 Å². The first-order valence-electron chi connectivity index (χ1n) is 9.46. The molecule has 162 valence electrons. The lowest BCUT2D eigenvalue weighted by molar-refractivity contribution is -0.152. The third-order valence-electron chi connectivity index (χ3n) is 4.89. The molecule has 0 bridgehead atoms. The number of aliphatic carboxylic acids is 1. The Labute approximate surface area is 173 Å². The van der Waals surface area contributed by atoms with Gasteiger partial charge in [0.15, 0.2) is 11.4 Å². The molecule has 1 N–H and O–H groups in total. The molecule has 0 unspecified atom stereocenters. The number of hydrogen-bond acceptors (Lipinski definition) is 3. The van der Waals surface area contributed by atoms with Crippen LogP contribution in [0.2, 0.25) is 0 Å². The SMILES string of the molecule is Cc1cc(C(F)(F)F)ccc1C(=O)CCc1cc(C)c(OC(C)(C)C(=O)O)c(C)c1. The van der Waals surface area contributed by atoms with Crippen LogP contribution in [0.5, 0.6) is 5.75 Å².